The molecule has 0 aliphatic heterocycles. The predicted molar refractivity (Wildman–Crippen MR) is 92.0 cm³/mol. The van der Waals surface area contributed by atoms with Crippen molar-refractivity contribution in [3.63, 3.8) is 0 Å². The van der Waals surface area contributed by atoms with Crippen molar-refractivity contribution in [2.75, 3.05) is 5.32 Å². The van der Waals surface area contributed by atoms with Crippen molar-refractivity contribution in [1.29, 1.82) is 0 Å². The average Bonchev–Trinajstić information content (AvgIpc) is 3.35. The zero-order valence-electron chi connectivity index (χ0n) is 13.4. The third kappa shape index (κ3) is 3.52. The standard InChI is InChI=1S/C17H16N8/c1-2-5-15(11-24-7-3-6-21-24)14(4-1)8-20-16-9-18-10-17(23-16)25-13-19-12-22-25/h1-7,9-10,12-13H,8,11H2,(H,20,23). The number of aromatic nitrogens is 7. The first-order chi connectivity index (χ1) is 12.4. The zero-order chi connectivity index (χ0) is 16.9. The van der Waals surface area contributed by atoms with Gasteiger partial charge in [0.25, 0.3) is 0 Å². The Morgan fingerprint density at radius 2 is 1.88 bits per heavy atom. The minimum atomic E-state index is 0.618. The topological polar surface area (TPSA) is 86.3 Å². The van der Waals surface area contributed by atoms with Gasteiger partial charge in [-0.05, 0) is 17.2 Å². The molecule has 1 N–H and O–H groups in total. The predicted octanol–water partition coefficient (Wildman–Crippen LogP) is 1.91. The van der Waals surface area contributed by atoms with Crippen molar-refractivity contribution >= 4 is 5.82 Å². The molecule has 0 radical (unpaired) electrons. The highest BCUT2D eigenvalue weighted by Gasteiger charge is 2.05. The fraction of sp³-hybridized carbons (Fsp3) is 0.118. The largest absolute Gasteiger partial charge is 0.365 e. The lowest BCUT2D eigenvalue weighted by molar-refractivity contribution is 0.682. The molecule has 3 heterocycles. The van der Waals surface area contributed by atoms with Crippen molar-refractivity contribution in [2.45, 2.75) is 13.1 Å². The van der Waals surface area contributed by atoms with Crippen LogP contribution in [-0.2, 0) is 13.1 Å². The number of nitrogens with one attached hydrogen (secondary N) is 1. The van der Waals surface area contributed by atoms with E-state index >= 15 is 0 Å². The van der Waals surface area contributed by atoms with E-state index in [4.69, 9.17) is 0 Å². The highest BCUT2D eigenvalue weighted by molar-refractivity contribution is 5.38. The molecule has 8 heteroatoms. The van der Waals surface area contributed by atoms with Gasteiger partial charge in [0.1, 0.15) is 18.5 Å². The van der Waals surface area contributed by atoms with E-state index < -0.39 is 0 Å². The lowest BCUT2D eigenvalue weighted by Crippen LogP contribution is -2.09. The fourth-order valence-corrected chi connectivity index (χ4v) is 2.52. The van der Waals surface area contributed by atoms with Gasteiger partial charge in [-0.15, -0.1) is 0 Å². The lowest BCUT2D eigenvalue weighted by Gasteiger charge is -2.11. The van der Waals surface area contributed by atoms with Gasteiger partial charge in [-0.1, -0.05) is 24.3 Å². The number of hydrogen-bond donors (Lipinski definition) is 1. The molecule has 124 valence electrons. The summed E-state index contributed by atoms with van der Waals surface area (Å²) in [6.45, 7) is 1.38. The number of rotatable bonds is 6. The van der Waals surface area contributed by atoms with Crippen molar-refractivity contribution in [3.05, 3.63) is 78.9 Å². The van der Waals surface area contributed by atoms with Gasteiger partial charge in [0, 0.05) is 18.9 Å². The van der Waals surface area contributed by atoms with E-state index in [2.05, 4.69) is 42.6 Å². The van der Waals surface area contributed by atoms with Gasteiger partial charge >= 0.3 is 0 Å². The number of benzene rings is 1. The molecule has 8 nitrogen and oxygen atoms in total. The van der Waals surface area contributed by atoms with Crippen LogP contribution in [0.1, 0.15) is 11.1 Å². The maximum absolute atomic E-state index is 4.50. The van der Waals surface area contributed by atoms with Crippen molar-refractivity contribution in [3.8, 4) is 5.82 Å². The van der Waals surface area contributed by atoms with Crippen LogP contribution in [0.3, 0.4) is 0 Å². The van der Waals surface area contributed by atoms with Crippen LogP contribution in [0.2, 0.25) is 0 Å². The van der Waals surface area contributed by atoms with Crippen molar-refractivity contribution < 1.29 is 0 Å². The fourth-order valence-electron chi connectivity index (χ4n) is 2.52. The molecule has 0 spiro atoms. The van der Waals surface area contributed by atoms with Gasteiger partial charge in [-0.25, -0.2) is 14.6 Å². The minimum Gasteiger partial charge on any atom is -0.365 e. The van der Waals surface area contributed by atoms with E-state index in [0.29, 0.717) is 18.2 Å². The van der Waals surface area contributed by atoms with Crippen LogP contribution in [0.4, 0.5) is 5.82 Å². The molecule has 0 saturated carbocycles. The molecule has 25 heavy (non-hydrogen) atoms. The maximum atomic E-state index is 4.50. The van der Waals surface area contributed by atoms with Crippen LogP contribution in [0.15, 0.2) is 67.8 Å². The maximum Gasteiger partial charge on any atom is 0.175 e. The second kappa shape index (κ2) is 6.91. The average molecular weight is 332 g/mol. The van der Waals surface area contributed by atoms with E-state index in [1.54, 1.807) is 29.6 Å². The Morgan fingerprint density at radius 3 is 2.68 bits per heavy atom. The zero-order valence-corrected chi connectivity index (χ0v) is 13.4. The highest BCUT2D eigenvalue weighted by atomic mass is 15.3. The molecule has 0 bridgehead atoms. The van der Waals surface area contributed by atoms with Crippen LogP contribution >= 0.6 is 0 Å². The first-order valence-electron chi connectivity index (χ1n) is 7.83. The molecular formula is C17H16N8. The third-order valence-electron chi connectivity index (χ3n) is 3.75. The molecular weight excluding hydrogens is 316 g/mol. The van der Waals surface area contributed by atoms with Gasteiger partial charge in [-0.3, -0.25) is 9.67 Å². The minimum absolute atomic E-state index is 0.618. The molecule has 0 unspecified atom stereocenters. The molecule has 1 aromatic carbocycles. The summed E-state index contributed by atoms with van der Waals surface area (Å²) in [5.74, 6) is 1.30. The smallest absolute Gasteiger partial charge is 0.175 e. The lowest BCUT2D eigenvalue weighted by atomic mass is 10.1. The second-order valence-corrected chi connectivity index (χ2v) is 5.43. The van der Waals surface area contributed by atoms with Crippen molar-refractivity contribution in [1.82, 2.24) is 34.5 Å². The summed E-state index contributed by atoms with van der Waals surface area (Å²) in [7, 11) is 0. The summed E-state index contributed by atoms with van der Waals surface area (Å²) in [6, 6.07) is 10.2. The summed E-state index contributed by atoms with van der Waals surface area (Å²) in [5, 5.41) is 11.7. The number of anilines is 1. The van der Waals surface area contributed by atoms with E-state index in [-0.39, 0.29) is 0 Å². The molecule has 4 rings (SSSR count). The summed E-state index contributed by atoms with van der Waals surface area (Å²) in [4.78, 5) is 12.6. The molecule has 0 amide bonds. The molecule has 0 fully saturated rings. The first-order valence-corrected chi connectivity index (χ1v) is 7.83. The number of nitrogens with zero attached hydrogens (tertiary/aromatic N) is 7. The van der Waals surface area contributed by atoms with Gasteiger partial charge in [-0.2, -0.15) is 10.2 Å². The van der Waals surface area contributed by atoms with E-state index in [9.17, 15) is 0 Å². The van der Waals surface area contributed by atoms with Gasteiger partial charge in [0.15, 0.2) is 5.82 Å². The molecule has 0 aliphatic carbocycles. The Hall–Kier alpha value is -3.55. The molecule has 0 aliphatic rings. The quantitative estimate of drug-likeness (QED) is 0.580. The van der Waals surface area contributed by atoms with Crippen LogP contribution in [0, 0.1) is 0 Å². The van der Waals surface area contributed by atoms with Crippen molar-refractivity contribution in [2.24, 2.45) is 0 Å². The first kappa shape index (κ1) is 15.0. The van der Waals surface area contributed by atoms with E-state index in [1.165, 1.54) is 17.5 Å². The van der Waals surface area contributed by atoms with Gasteiger partial charge in [0.05, 0.1) is 18.9 Å². The molecule has 0 saturated heterocycles. The number of hydrogen-bond acceptors (Lipinski definition) is 6. The molecule has 0 atom stereocenters. The Bertz CT molecular complexity index is 931. The highest BCUT2D eigenvalue weighted by Crippen LogP contribution is 2.13. The Morgan fingerprint density at radius 1 is 0.960 bits per heavy atom. The van der Waals surface area contributed by atoms with E-state index in [1.807, 2.05) is 29.1 Å². The summed E-state index contributed by atoms with van der Waals surface area (Å²) < 4.78 is 3.48. The summed E-state index contributed by atoms with van der Waals surface area (Å²) in [6.07, 6.45) is 10.1. The monoisotopic (exact) mass is 332 g/mol. The SMILES string of the molecule is c1ccc(Cn2cccn2)c(CNc2cncc(-n3cncn3)n2)c1. The Kier molecular flexibility index (Phi) is 4.15. The van der Waals surface area contributed by atoms with Crippen LogP contribution in [0.25, 0.3) is 5.82 Å². The van der Waals surface area contributed by atoms with Gasteiger partial charge < -0.3 is 5.32 Å². The van der Waals surface area contributed by atoms with Crippen LogP contribution in [0.5, 0.6) is 0 Å². The molecule has 4 aromatic rings. The Balaban J connectivity index is 1.49. The Labute approximate surface area is 144 Å². The summed E-state index contributed by atoms with van der Waals surface area (Å²) in [5.41, 5.74) is 2.39. The molecule has 3 aromatic heterocycles. The van der Waals surface area contributed by atoms with Gasteiger partial charge in [0.2, 0.25) is 0 Å². The second-order valence-electron chi connectivity index (χ2n) is 5.43. The third-order valence-corrected chi connectivity index (χ3v) is 3.75. The van der Waals surface area contributed by atoms with E-state index in [0.717, 1.165) is 6.54 Å². The van der Waals surface area contributed by atoms with Crippen LogP contribution in [-0.4, -0.2) is 34.5 Å². The normalized spacial score (nSPS) is 10.7. The summed E-state index contributed by atoms with van der Waals surface area (Å²) >= 11 is 0. The van der Waals surface area contributed by atoms with Crippen LogP contribution < -0.4 is 5.32 Å².